The van der Waals surface area contributed by atoms with E-state index in [1.165, 1.54) is 5.38 Å². The summed E-state index contributed by atoms with van der Waals surface area (Å²) in [6.07, 6.45) is 0. The van der Waals surface area contributed by atoms with Gasteiger partial charge in [0.2, 0.25) is 11.5 Å². The van der Waals surface area contributed by atoms with Crippen LogP contribution < -0.4 is 19.9 Å². The molecule has 0 unspecified atom stereocenters. The number of rotatable bonds is 23. The van der Waals surface area contributed by atoms with E-state index in [1.807, 2.05) is 0 Å². The predicted molar refractivity (Wildman–Crippen MR) is 142 cm³/mol. The number of carbonyl (C=O) groups is 1. The lowest BCUT2D eigenvalue weighted by Gasteiger charge is -2.18. The van der Waals surface area contributed by atoms with E-state index in [4.69, 9.17) is 53.2 Å². The van der Waals surface area contributed by atoms with E-state index < -0.39 is 11.7 Å². The predicted octanol–water partition coefficient (Wildman–Crippen LogP) is 1.73. The number of thiazole rings is 1. The number of hydrogen-bond donors (Lipinski definition) is 2. The van der Waals surface area contributed by atoms with Gasteiger partial charge < -0.3 is 58.3 Å². The third-order valence-corrected chi connectivity index (χ3v) is 5.29. The highest BCUT2D eigenvalue weighted by Gasteiger charge is 2.19. The van der Waals surface area contributed by atoms with Crippen LogP contribution in [0.15, 0.2) is 22.7 Å². The third-order valence-electron chi connectivity index (χ3n) is 4.61. The first-order valence-corrected chi connectivity index (χ1v) is 12.8. The molecular formula is C24H35N3O12S. The molecule has 1 aromatic heterocycles. The van der Waals surface area contributed by atoms with E-state index in [-0.39, 0.29) is 55.1 Å². The fourth-order valence-electron chi connectivity index (χ4n) is 2.75. The molecule has 0 aliphatic heterocycles. The van der Waals surface area contributed by atoms with Crippen LogP contribution in [-0.2, 0) is 44.7 Å². The zero-order valence-electron chi connectivity index (χ0n) is 22.6. The largest absolute Gasteiger partial charge is 0.476 e. The minimum Gasteiger partial charge on any atom is -0.476 e. The van der Waals surface area contributed by atoms with Crippen LogP contribution in [-0.4, -0.2) is 103 Å². The summed E-state index contributed by atoms with van der Waals surface area (Å²) in [4.78, 5) is 20.9. The van der Waals surface area contributed by atoms with Crippen LogP contribution in [0, 0.1) is 0 Å². The summed E-state index contributed by atoms with van der Waals surface area (Å²) in [5, 5.41) is 14.9. The highest BCUT2D eigenvalue weighted by Crippen LogP contribution is 2.39. The number of nitrogens with zero attached hydrogens (tertiary/aromatic N) is 2. The highest BCUT2D eigenvalue weighted by atomic mass is 32.1. The number of aromatic nitrogens is 1. The molecule has 2 rings (SSSR count). The highest BCUT2D eigenvalue weighted by molar-refractivity contribution is 7.13. The molecule has 0 fully saturated rings. The van der Waals surface area contributed by atoms with Crippen molar-refractivity contribution in [1.29, 1.82) is 0 Å². The third kappa shape index (κ3) is 12.3. The van der Waals surface area contributed by atoms with E-state index in [2.05, 4.69) is 10.1 Å². The van der Waals surface area contributed by atoms with Crippen molar-refractivity contribution in [3.63, 3.8) is 0 Å². The van der Waals surface area contributed by atoms with Crippen molar-refractivity contribution in [2.45, 2.75) is 6.61 Å². The van der Waals surface area contributed by atoms with Gasteiger partial charge in [0.05, 0.1) is 39.6 Å². The normalized spacial score (nSPS) is 11.4. The van der Waals surface area contributed by atoms with Crippen LogP contribution >= 0.6 is 11.3 Å². The number of anilines is 1. The molecule has 15 nitrogen and oxygen atoms in total. The lowest BCUT2D eigenvalue weighted by Crippen LogP contribution is -2.15. The molecule has 1 heterocycles. The number of nitrogens with two attached hydrogens (primary N) is 1. The van der Waals surface area contributed by atoms with Crippen molar-refractivity contribution in [3.8, 4) is 17.2 Å². The van der Waals surface area contributed by atoms with Crippen LogP contribution in [0.2, 0.25) is 0 Å². The molecule has 2 aromatic rings. The maximum absolute atomic E-state index is 11.6. The summed E-state index contributed by atoms with van der Waals surface area (Å²) in [7, 11) is 4.68. The quantitative estimate of drug-likeness (QED) is 0.0827. The molecule has 0 radical (unpaired) electrons. The van der Waals surface area contributed by atoms with E-state index in [9.17, 15) is 9.90 Å². The Balaban J connectivity index is 2.26. The number of nitrogen functional groups attached to an aromatic ring is 1. The molecule has 0 atom stereocenters. The molecule has 0 amide bonds. The van der Waals surface area contributed by atoms with Crippen molar-refractivity contribution in [2.24, 2.45) is 5.16 Å². The molecule has 16 heteroatoms. The Morgan fingerprint density at radius 3 is 1.85 bits per heavy atom. The minimum absolute atomic E-state index is 0.0849. The molecule has 1 aromatic carbocycles. The summed E-state index contributed by atoms with van der Waals surface area (Å²) < 4.78 is 48.6. The monoisotopic (exact) mass is 589 g/mol. The number of oxime groups is 1. The van der Waals surface area contributed by atoms with Crippen LogP contribution in [0.3, 0.4) is 0 Å². The smallest absolute Gasteiger partial charge is 0.360 e. The Bertz CT molecular complexity index is 1000. The summed E-state index contributed by atoms with van der Waals surface area (Å²) >= 11 is 1.08. The average molecular weight is 590 g/mol. The van der Waals surface area contributed by atoms with Crippen molar-refractivity contribution >= 4 is 28.1 Å². The van der Waals surface area contributed by atoms with Gasteiger partial charge in [0.15, 0.2) is 37.0 Å². The molecule has 0 bridgehead atoms. The first-order valence-electron chi connectivity index (χ1n) is 11.9. The first kappa shape index (κ1) is 33.0. The van der Waals surface area contributed by atoms with Crippen molar-refractivity contribution < 1.29 is 57.4 Å². The standard InChI is InChI=1S/C24H35N3O12S/c1-30-4-7-33-14-36-19-10-17(12-39-27-21(23(28)29)18-13-40-24(25)26-18)11-20(37-15-34-8-5-31-2)22(19)38-16-35-9-6-32-3/h10-11,13H,4-9,12,14-16H2,1-3H3,(H2,25,26)(H,28,29)/b27-21-. The Hall–Kier alpha value is -3.25. The van der Waals surface area contributed by atoms with Crippen molar-refractivity contribution in [2.75, 3.05) is 87.1 Å². The van der Waals surface area contributed by atoms with Gasteiger partial charge in [-0.1, -0.05) is 5.16 Å². The van der Waals surface area contributed by atoms with Crippen LogP contribution in [0.25, 0.3) is 0 Å². The van der Waals surface area contributed by atoms with Gasteiger partial charge in [-0.25, -0.2) is 9.78 Å². The molecule has 224 valence electrons. The zero-order valence-corrected chi connectivity index (χ0v) is 23.4. The maximum Gasteiger partial charge on any atom is 0.360 e. The Kier molecular flexibility index (Phi) is 16.3. The molecule has 40 heavy (non-hydrogen) atoms. The summed E-state index contributed by atoms with van der Waals surface area (Å²) in [5.74, 6) is -0.609. The number of benzene rings is 1. The molecular weight excluding hydrogens is 554 g/mol. The number of methoxy groups -OCH3 is 3. The van der Waals surface area contributed by atoms with Gasteiger partial charge in [0.25, 0.3) is 0 Å². The van der Waals surface area contributed by atoms with Gasteiger partial charge in [0, 0.05) is 26.7 Å². The van der Waals surface area contributed by atoms with E-state index in [0.717, 1.165) is 11.3 Å². The molecule has 3 N–H and O–H groups in total. The maximum atomic E-state index is 11.6. The molecule has 0 spiro atoms. The number of carboxylic acid groups (broad SMARTS) is 1. The second-order valence-electron chi connectivity index (χ2n) is 7.50. The fraction of sp³-hybridized carbons (Fsp3) is 0.542. The summed E-state index contributed by atoms with van der Waals surface area (Å²) in [5.41, 5.74) is 5.81. The fourth-order valence-corrected chi connectivity index (χ4v) is 3.30. The second-order valence-corrected chi connectivity index (χ2v) is 8.39. The van der Waals surface area contributed by atoms with Gasteiger partial charge in [-0.05, 0) is 17.7 Å². The Morgan fingerprint density at radius 2 is 1.40 bits per heavy atom. The lowest BCUT2D eigenvalue weighted by atomic mass is 10.2. The van der Waals surface area contributed by atoms with Gasteiger partial charge >= 0.3 is 5.97 Å². The number of carboxylic acids is 1. The Morgan fingerprint density at radius 1 is 0.875 bits per heavy atom. The number of hydrogen-bond acceptors (Lipinski definition) is 15. The van der Waals surface area contributed by atoms with Crippen LogP contribution in [0.4, 0.5) is 5.13 Å². The summed E-state index contributed by atoms with van der Waals surface area (Å²) in [6.45, 7) is 1.57. The van der Waals surface area contributed by atoms with Gasteiger partial charge in [-0.3, -0.25) is 0 Å². The second kappa shape index (κ2) is 19.8. The lowest BCUT2D eigenvalue weighted by molar-refractivity contribution is -0.129. The van der Waals surface area contributed by atoms with Gasteiger partial charge in [-0.15, -0.1) is 11.3 Å². The van der Waals surface area contributed by atoms with E-state index in [0.29, 0.717) is 45.2 Å². The van der Waals surface area contributed by atoms with Crippen LogP contribution in [0.1, 0.15) is 11.3 Å². The van der Waals surface area contributed by atoms with Crippen molar-refractivity contribution in [3.05, 3.63) is 28.8 Å². The molecule has 0 aliphatic carbocycles. The van der Waals surface area contributed by atoms with E-state index >= 15 is 0 Å². The zero-order chi connectivity index (χ0) is 29.0. The van der Waals surface area contributed by atoms with Gasteiger partial charge in [-0.2, -0.15) is 0 Å². The first-order chi connectivity index (χ1) is 19.5. The molecule has 0 aliphatic rings. The van der Waals surface area contributed by atoms with Crippen LogP contribution in [0.5, 0.6) is 17.2 Å². The number of ether oxygens (including phenoxy) is 9. The molecule has 0 saturated carbocycles. The SMILES string of the molecule is COCCOCOc1cc(CO/N=C(\C(=O)O)c2csc(N)n2)cc(OCOCCOC)c1OCOCCOC. The average Bonchev–Trinajstić information content (AvgIpc) is 3.37. The Labute approximate surface area is 235 Å². The topological polar surface area (TPSA) is 181 Å². The minimum atomic E-state index is -1.32. The molecule has 0 saturated heterocycles. The van der Waals surface area contributed by atoms with Crippen molar-refractivity contribution in [1.82, 2.24) is 4.98 Å². The summed E-state index contributed by atoms with van der Waals surface area (Å²) in [6, 6.07) is 3.22. The van der Waals surface area contributed by atoms with E-state index in [1.54, 1.807) is 33.5 Å². The number of aliphatic carboxylic acids is 1. The van der Waals surface area contributed by atoms with Gasteiger partial charge in [0.1, 0.15) is 12.3 Å².